The molecule has 4 heteroatoms. The first-order valence-corrected chi connectivity index (χ1v) is 6.83. The molecule has 1 aromatic carbocycles. The van der Waals surface area contributed by atoms with Crippen LogP contribution in [-0.4, -0.2) is 9.97 Å². The van der Waals surface area contributed by atoms with Crippen LogP contribution in [0.2, 0.25) is 0 Å². The van der Waals surface area contributed by atoms with Crippen LogP contribution >= 0.6 is 15.9 Å². The number of rotatable bonds is 2. The van der Waals surface area contributed by atoms with Crippen LogP contribution in [-0.2, 0) is 0 Å². The number of aryl methyl sites for hydroxylation is 1. The number of anilines is 1. The van der Waals surface area contributed by atoms with Gasteiger partial charge in [-0.2, -0.15) is 0 Å². The standard InChI is InChI=1S/C14H14BrN3/c1-8-2-5-10(11(15)6-8)14-17-7-12(16)13(18-14)9-3-4-9/h2,5-7,9H,3-4,16H2,1H3. The molecule has 92 valence electrons. The van der Waals surface area contributed by atoms with E-state index in [1.54, 1.807) is 6.20 Å². The maximum atomic E-state index is 5.93. The molecule has 0 amide bonds. The number of hydrogen-bond donors (Lipinski definition) is 1. The van der Waals surface area contributed by atoms with E-state index < -0.39 is 0 Å². The molecule has 1 aromatic heterocycles. The lowest BCUT2D eigenvalue weighted by Crippen LogP contribution is -2.00. The number of nitrogens with zero attached hydrogens (tertiary/aromatic N) is 2. The van der Waals surface area contributed by atoms with Gasteiger partial charge >= 0.3 is 0 Å². The minimum absolute atomic E-state index is 0.538. The summed E-state index contributed by atoms with van der Waals surface area (Å²) in [6.07, 6.45) is 4.10. The van der Waals surface area contributed by atoms with Crippen molar-refractivity contribution in [2.45, 2.75) is 25.7 Å². The molecule has 0 unspecified atom stereocenters. The van der Waals surface area contributed by atoms with Gasteiger partial charge in [-0.3, -0.25) is 0 Å². The van der Waals surface area contributed by atoms with Gasteiger partial charge in [0.05, 0.1) is 17.6 Å². The number of nitrogens with two attached hydrogens (primary N) is 1. The highest BCUT2D eigenvalue weighted by molar-refractivity contribution is 9.10. The molecule has 0 bridgehead atoms. The summed E-state index contributed by atoms with van der Waals surface area (Å²) in [6.45, 7) is 2.06. The molecule has 2 aromatic rings. The highest BCUT2D eigenvalue weighted by Crippen LogP contribution is 2.42. The van der Waals surface area contributed by atoms with Crippen LogP contribution in [0, 0.1) is 6.92 Å². The fraction of sp³-hybridized carbons (Fsp3) is 0.286. The highest BCUT2D eigenvalue weighted by Gasteiger charge is 2.27. The zero-order valence-electron chi connectivity index (χ0n) is 10.2. The van der Waals surface area contributed by atoms with Gasteiger partial charge in [-0.1, -0.05) is 22.0 Å². The predicted molar refractivity (Wildman–Crippen MR) is 76.3 cm³/mol. The van der Waals surface area contributed by atoms with Crippen LogP contribution in [0.4, 0.5) is 5.69 Å². The van der Waals surface area contributed by atoms with E-state index in [0.717, 1.165) is 21.6 Å². The van der Waals surface area contributed by atoms with E-state index in [9.17, 15) is 0 Å². The first kappa shape index (κ1) is 11.7. The van der Waals surface area contributed by atoms with E-state index in [2.05, 4.69) is 45.0 Å². The van der Waals surface area contributed by atoms with Crippen molar-refractivity contribution in [1.29, 1.82) is 0 Å². The van der Waals surface area contributed by atoms with E-state index in [-0.39, 0.29) is 0 Å². The molecular formula is C14H14BrN3. The molecule has 3 nitrogen and oxygen atoms in total. The summed E-state index contributed by atoms with van der Waals surface area (Å²) < 4.78 is 1.02. The van der Waals surface area contributed by atoms with E-state index in [1.165, 1.54) is 18.4 Å². The van der Waals surface area contributed by atoms with Gasteiger partial charge in [0.25, 0.3) is 0 Å². The van der Waals surface area contributed by atoms with Gasteiger partial charge in [-0.25, -0.2) is 9.97 Å². The van der Waals surface area contributed by atoms with Crippen molar-refractivity contribution in [2.75, 3.05) is 5.73 Å². The summed E-state index contributed by atoms with van der Waals surface area (Å²) in [6, 6.07) is 6.18. The third kappa shape index (κ3) is 2.12. The molecule has 0 radical (unpaired) electrons. The van der Waals surface area contributed by atoms with Crippen LogP contribution in [0.25, 0.3) is 11.4 Å². The van der Waals surface area contributed by atoms with Gasteiger partial charge in [0.15, 0.2) is 5.82 Å². The summed E-state index contributed by atoms with van der Waals surface area (Å²) in [5.41, 5.74) is 9.88. The second kappa shape index (κ2) is 4.35. The Bertz CT molecular complexity index is 606. The molecule has 1 heterocycles. The van der Waals surface area contributed by atoms with Gasteiger partial charge in [0, 0.05) is 16.0 Å². The molecule has 0 atom stereocenters. The summed E-state index contributed by atoms with van der Waals surface area (Å²) in [5, 5.41) is 0. The lowest BCUT2D eigenvalue weighted by atomic mass is 10.1. The zero-order chi connectivity index (χ0) is 12.7. The van der Waals surface area contributed by atoms with Crippen LogP contribution in [0.15, 0.2) is 28.9 Å². The summed E-state index contributed by atoms with van der Waals surface area (Å²) in [7, 11) is 0. The fourth-order valence-electron chi connectivity index (χ4n) is 2.02. The van der Waals surface area contributed by atoms with Gasteiger partial charge in [0.1, 0.15) is 0 Å². The SMILES string of the molecule is Cc1ccc(-c2ncc(N)c(C3CC3)n2)c(Br)c1. The Labute approximate surface area is 115 Å². The Morgan fingerprint density at radius 3 is 2.78 bits per heavy atom. The maximum Gasteiger partial charge on any atom is 0.160 e. The fourth-order valence-corrected chi connectivity index (χ4v) is 2.69. The Morgan fingerprint density at radius 2 is 2.11 bits per heavy atom. The lowest BCUT2D eigenvalue weighted by Gasteiger charge is -2.08. The Hall–Kier alpha value is -1.42. The first-order valence-electron chi connectivity index (χ1n) is 6.04. The average Bonchev–Trinajstić information content (AvgIpc) is 3.14. The zero-order valence-corrected chi connectivity index (χ0v) is 11.7. The predicted octanol–water partition coefficient (Wildman–Crippen LogP) is 3.67. The Kier molecular flexibility index (Phi) is 2.82. The van der Waals surface area contributed by atoms with Crippen molar-refractivity contribution in [3.63, 3.8) is 0 Å². The third-order valence-electron chi connectivity index (χ3n) is 3.18. The van der Waals surface area contributed by atoms with Crippen molar-refractivity contribution < 1.29 is 0 Å². The number of hydrogen-bond acceptors (Lipinski definition) is 3. The first-order chi connectivity index (χ1) is 8.65. The van der Waals surface area contributed by atoms with E-state index in [4.69, 9.17) is 5.73 Å². The molecule has 1 aliphatic rings. The maximum absolute atomic E-state index is 5.93. The minimum atomic E-state index is 0.538. The summed E-state index contributed by atoms with van der Waals surface area (Å²) in [5.74, 6) is 1.29. The van der Waals surface area contributed by atoms with Crippen LogP contribution < -0.4 is 5.73 Å². The third-order valence-corrected chi connectivity index (χ3v) is 3.83. The molecule has 0 aliphatic heterocycles. The normalized spacial score (nSPS) is 14.8. The average molecular weight is 304 g/mol. The van der Waals surface area contributed by atoms with E-state index in [0.29, 0.717) is 11.6 Å². The molecule has 2 N–H and O–H groups in total. The van der Waals surface area contributed by atoms with Crippen molar-refractivity contribution in [2.24, 2.45) is 0 Å². The minimum Gasteiger partial charge on any atom is -0.396 e. The van der Waals surface area contributed by atoms with Crippen molar-refractivity contribution in [3.8, 4) is 11.4 Å². The van der Waals surface area contributed by atoms with E-state index in [1.807, 2.05) is 6.07 Å². The summed E-state index contributed by atoms with van der Waals surface area (Å²) in [4.78, 5) is 8.97. The van der Waals surface area contributed by atoms with Gasteiger partial charge < -0.3 is 5.73 Å². The monoisotopic (exact) mass is 303 g/mol. The Balaban J connectivity index is 2.08. The van der Waals surface area contributed by atoms with Gasteiger partial charge in [-0.05, 0) is 37.5 Å². The van der Waals surface area contributed by atoms with Crippen LogP contribution in [0.3, 0.4) is 0 Å². The molecular weight excluding hydrogens is 290 g/mol. The summed E-state index contributed by atoms with van der Waals surface area (Å²) >= 11 is 3.57. The highest BCUT2D eigenvalue weighted by atomic mass is 79.9. The number of halogens is 1. The molecule has 1 fully saturated rings. The molecule has 0 saturated heterocycles. The number of nitrogen functional groups attached to an aromatic ring is 1. The smallest absolute Gasteiger partial charge is 0.160 e. The number of aromatic nitrogens is 2. The topological polar surface area (TPSA) is 51.8 Å². The van der Waals surface area contributed by atoms with Crippen molar-refractivity contribution in [3.05, 3.63) is 40.1 Å². The molecule has 18 heavy (non-hydrogen) atoms. The lowest BCUT2D eigenvalue weighted by molar-refractivity contribution is 1.000. The van der Waals surface area contributed by atoms with Gasteiger partial charge in [0.2, 0.25) is 0 Å². The van der Waals surface area contributed by atoms with E-state index >= 15 is 0 Å². The van der Waals surface area contributed by atoms with Gasteiger partial charge in [-0.15, -0.1) is 0 Å². The molecule has 1 saturated carbocycles. The second-order valence-electron chi connectivity index (χ2n) is 4.79. The largest absolute Gasteiger partial charge is 0.396 e. The second-order valence-corrected chi connectivity index (χ2v) is 5.65. The van der Waals surface area contributed by atoms with Crippen molar-refractivity contribution in [1.82, 2.24) is 9.97 Å². The van der Waals surface area contributed by atoms with Crippen LogP contribution in [0.5, 0.6) is 0 Å². The quantitative estimate of drug-likeness (QED) is 0.921. The van der Waals surface area contributed by atoms with Crippen molar-refractivity contribution >= 4 is 21.6 Å². The Morgan fingerprint density at radius 1 is 1.33 bits per heavy atom. The molecule has 0 spiro atoms. The number of benzene rings is 1. The molecule has 3 rings (SSSR count). The van der Waals surface area contributed by atoms with Crippen LogP contribution in [0.1, 0.15) is 30.0 Å². The molecule has 1 aliphatic carbocycles.